The Bertz CT molecular complexity index is 1390. The topological polar surface area (TPSA) is 65.1 Å². The third kappa shape index (κ3) is 3.68. The number of rotatable bonds is 5. The van der Waals surface area contributed by atoms with E-state index in [1.54, 1.807) is 7.05 Å². The normalized spacial score (nSPS) is 13.5. The van der Waals surface area contributed by atoms with Crippen molar-refractivity contribution in [1.29, 1.82) is 0 Å². The lowest BCUT2D eigenvalue weighted by Gasteiger charge is -2.29. The van der Waals surface area contributed by atoms with Gasteiger partial charge in [-0.25, -0.2) is 4.79 Å². The van der Waals surface area contributed by atoms with E-state index in [-0.39, 0.29) is 17.8 Å². The number of halogens is 1. The Hall–Kier alpha value is -3.13. The summed E-state index contributed by atoms with van der Waals surface area (Å²) in [5.41, 5.74) is 2.49. The van der Waals surface area contributed by atoms with Crippen molar-refractivity contribution in [3.8, 4) is 0 Å². The second-order valence-corrected chi connectivity index (χ2v) is 9.09. The van der Waals surface area contributed by atoms with E-state index in [0.717, 1.165) is 48.5 Å². The molecule has 0 unspecified atom stereocenters. The zero-order valence-corrected chi connectivity index (χ0v) is 19.5. The minimum Gasteiger partial charge on any atom is -0.342 e. The zero-order valence-electron chi connectivity index (χ0n) is 17.9. The molecule has 0 saturated carbocycles. The molecule has 0 atom stereocenters. The third-order valence-corrected chi connectivity index (χ3v) is 6.60. The molecule has 0 N–H and O–H groups in total. The first-order chi connectivity index (χ1) is 15.5. The van der Waals surface area contributed by atoms with Gasteiger partial charge in [-0.2, -0.15) is 4.98 Å². The van der Waals surface area contributed by atoms with Crippen LogP contribution in [-0.4, -0.2) is 31.8 Å². The van der Waals surface area contributed by atoms with Crippen LogP contribution in [0, 0.1) is 0 Å². The van der Waals surface area contributed by atoms with Crippen LogP contribution in [-0.2, 0) is 26.6 Å². The number of hydrogen-bond donors (Lipinski definition) is 0. The van der Waals surface area contributed by atoms with Crippen molar-refractivity contribution in [2.75, 3.05) is 18.0 Å². The van der Waals surface area contributed by atoms with E-state index in [1.165, 1.54) is 14.7 Å². The van der Waals surface area contributed by atoms with E-state index in [0.29, 0.717) is 11.2 Å². The largest absolute Gasteiger partial charge is 0.342 e. The lowest BCUT2D eigenvalue weighted by molar-refractivity contribution is 0.562. The molecule has 0 saturated heterocycles. The highest BCUT2D eigenvalue weighted by Gasteiger charge is 2.26. The Labute approximate surface area is 193 Å². The molecule has 0 radical (unpaired) electrons. The van der Waals surface area contributed by atoms with Gasteiger partial charge in [0, 0.05) is 31.2 Å². The summed E-state index contributed by atoms with van der Waals surface area (Å²) in [7, 11) is 1.69. The number of aryl methyl sites for hydroxylation is 2. The zero-order chi connectivity index (χ0) is 22.2. The van der Waals surface area contributed by atoms with Crippen LogP contribution >= 0.6 is 15.9 Å². The minimum absolute atomic E-state index is 0.229. The van der Waals surface area contributed by atoms with Crippen LogP contribution in [0.2, 0.25) is 0 Å². The molecule has 0 spiro atoms. The summed E-state index contributed by atoms with van der Waals surface area (Å²) in [5, 5.41) is 0. The summed E-state index contributed by atoms with van der Waals surface area (Å²) < 4.78 is 5.75. The summed E-state index contributed by atoms with van der Waals surface area (Å²) in [6, 6.07) is 18.0. The summed E-state index contributed by atoms with van der Waals surface area (Å²) in [6.07, 6.45) is 1.83. The standard InChI is InChI=1S/C24H24BrN5O2/c1-27-21-20(22(31)30(24(27)32)16-18-8-10-19(25)11-9-18)29-14-5-13-28(23(29)26-21)15-12-17-6-3-2-4-7-17/h2-4,6-11H,5,12-16H2,1H3. The summed E-state index contributed by atoms with van der Waals surface area (Å²) in [4.78, 5) is 33.5. The van der Waals surface area contributed by atoms with Crippen molar-refractivity contribution in [1.82, 2.24) is 18.7 Å². The van der Waals surface area contributed by atoms with Crippen molar-refractivity contribution in [2.45, 2.75) is 25.9 Å². The van der Waals surface area contributed by atoms with Gasteiger partial charge < -0.3 is 9.47 Å². The molecule has 3 heterocycles. The van der Waals surface area contributed by atoms with E-state index in [2.05, 4.69) is 33.0 Å². The predicted molar refractivity (Wildman–Crippen MR) is 129 cm³/mol. The van der Waals surface area contributed by atoms with Crippen molar-refractivity contribution >= 4 is 33.0 Å². The highest BCUT2D eigenvalue weighted by molar-refractivity contribution is 9.10. The first-order valence-electron chi connectivity index (χ1n) is 10.8. The van der Waals surface area contributed by atoms with E-state index in [9.17, 15) is 9.59 Å². The van der Waals surface area contributed by atoms with Crippen LogP contribution in [0.15, 0.2) is 68.7 Å². The van der Waals surface area contributed by atoms with Gasteiger partial charge in [-0.1, -0.05) is 58.4 Å². The number of aromatic nitrogens is 4. The number of imidazole rings is 1. The monoisotopic (exact) mass is 493 g/mol. The van der Waals surface area contributed by atoms with Crippen molar-refractivity contribution < 1.29 is 0 Å². The number of fused-ring (bicyclic) bond motifs is 3. The molecule has 0 bridgehead atoms. The van der Waals surface area contributed by atoms with Gasteiger partial charge in [-0.05, 0) is 36.1 Å². The van der Waals surface area contributed by atoms with Gasteiger partial charge in [0.15, 0.2) is 11.2 Å². The van der Waals surface area contributed by atoms with Crippen LogP contribution in [0.5, 0.6) is 0 Å². The molecule has 32 heavy (non-hydrogen) atoms. The Balaban J connectivity index is 1.55. The molecular formula is C24H24BrN5O2. The summed E-state index contributed by atoms with van der Waals surface area (Å²) >= 11 is 3.42. The number of anilines is 1. The van der Waals surface area contributed by atoms with Crippen LogP contribution in [0.3, 0.4) is 0 Å². The van der Waals surface area contributed by atoms with Gasteiger partial charge in [0.25, 0.3) is 5.56 Å². The van der Waals surface area contributed by atoms with Crippen LogP contribution in [0.1, 0.15) is 17.5 Å². The van der Waals surface area contributed by atoms with Crippen molar-refractivity contribution in [3.63, 3.8) is 0 Å². The first-order valence-corrected chi connectivity index (χ1v) is 11.6. The average Bonchev–Trinajstić information content (AvgIpc) is 3.21. The van der Waals surface area contributed by atoms with E-state index in [4.69, 9.17) is 4.98 Å². The lowest BCUT2D eigenvalue weighted by atomic mass is 10.1. The van der Waals surface area contributed by atoms with Gasteiger partial charge in [0.05, 0.1) is 6.54 Å². The fraction of sp³-hybridized carbons (Fsp3) is 0.292. The Kier molecular flexibility index (Phi) is 5.46. The minimum atomic E-state index is -0.350. The molecular weight excluding hydrogens is 470 g/mol. The molecule has 5 rings (SSSR count). The lowest BCUT2D eigenvalue weighted by Crippen LogP contribution is -2.40. The predicted octanol–water partition coefficient (Wildman–Crippen LogP) is 3.16. The van der Waals surface area contributed by atoms with E-state index < -0.39 is 0 Å². The Morgan fingerprint density at radius 2 is 1.72 bits per heavy atom. The second-order valence-electron chi connectivity index (χ2n) is 8.17. The molecule has 0 amide bonds. The number of nitrogens with zero attached hydrogens (tertiary/aromatic N) is 5. The van der Waals surface area contributed by atoms with Crippen LogP contribution in [0.25, 0.3) is 11.2 Å². The molecule has 7 nitrogen and oxygen atoms in total. The number of benzene rings is 2. The Morgan fingerprint density at radius 3 is 2.47 bits per heavy atom. The maximum Gasteiger partial charge on any atom is 0.332 e. The third-order valence-electron chi connectivity index (χ3n) is 6.07. The van der Waals surface area contributed by atoms with Crippen molar-refractivity contribution in [3.05, 3.63) is 91.0 Å². The van der Waals surface area contributed by atoms with Gasteiger partial charge in [-0.3, -0.25) is 13.9 Å². The van der Waals surface area contributed by atoms with Gasteiger partial charge >= 0.3 is 5.69 Å². The highest BCUT2D eigenvalue weighted by Crippen LogP contribution is 2.24. The molecule has 0 fully saturated rings. The van der Waals surface area contributed by atoms with E-state index in [1.807, 2.05) is 47.0 Å². The number of hydrogen-bond acceptors (Lipinski definition) is 4. The molecule has 1 aliphatic rings. The van der Waals surface area contributed by atoms with Gasteiger partial charge in [-0.15, -0.1) is 0 Å². The summed E-state index contributed by atoms with van der Waals surface area (Å²) in [6.45, 7) is 2.65. The van der Waals surface area contributed by atoms with Gasteiger partial charge in [0.2, 0.25) is 5.95 Å². The maximum atomic E-state index is 13.5. The fourth-order valence-corrected chi connectivity index (χ4v) is 4.63. The average molecular weight is 494 g/mol. The quantitative estimate of drug-likeness (QED) is 0.428. The molecule has 2 aromatic carbocycles. The Morgan fingerprint density at radius 1 is 0.969 bits per heavy atom. The molecule has 0 aliphatic carbocycles. The molecule has 164 valence electrons. The maximum absolute atomic E-state index is 13.5. The SMILES string of the molecule is Cn1c(=O)n(Cc2ccc(Br)cc2)c(=O)c2c1nc1n2CCCN1CCc1ccccc1. The molecule has 4 aromatic rings. The smallest absolute Gasteiger partial charge is 0.332 e. The van der Waals surface area contributed by atoms with Crippen molar-refractivity contribution in [2.24, 2.45) is 7.05 Å². The van der Waals surface area contributed by atoms with Crippen LogP contribution in [0.4, 0.5) is 5.95 Å². The molecule has 2 aromatic heterocycles. The van der Waals surface area contributed by atoms with Crippen LogP contribution < -0.4 is 16.1 Å². The van der Waals surface area contributed by atoms with Gasteiger partial charge in [0.1, 0.15) is 0 Å². The molecule has 1 aliphatic heterocycles. The first kappa shape index (κ1) is 20.8. The second kappa shape index (κ2) is 8.43. The van der Waals surface area contributed by atoms with E-state index >= 15 is 0 Å². The fourth-order valence-electron chi connectivity index (χ4n) is 4.37. The molecule has 8 heteroatoms. The summed E-state index contributed by atoms with van der Waals surface area (Å²) in [5.74, 6) is 0.774. The highest BCUT2D eigenvalue weighted by atomic mass is 79.9.